The van der Waals surface area contributed by atoms with Crippen LogP contribution in [0.4, 0.5) is 10.7 Å². The molecule has 236 valence electrons. The summed E-state index contributed by atoms with van der Waals surface area (Å²) in [5, 5.41) is 24.2. The number of nitrogens with one attached hydrogen (secondary N) is 2. The van der Waals surface area contributed by atoms with Crippen LogP contribution < -0.4 is 10.6 Å². The minimum Gasteiger partial charge on any atom is -0.478 e. The zero-order valence-corrected chi connectivity index (χ0v) is 26.3. The Balaban J connectivity index is 1.40. The zero-order valence-electron chi connectivity index (χ0n) is 24.7. The monoisotopic (exact) mass is 658 g/mol. The van der Waals surface area contributed by atoms with E-state index >= 15 is 0 Å². The Kier molecular flexibility index (Phi) is 10.2. The second-order valence-electron chi connectivity index (χ2n) is 10.4. The third-order valence-corrected chi connectivity index (χ3v) is 9.77. The molecule has 5 rings (SSSR count). The van der Waals surface area contributed by atoms with Crippen LogP contribution in [0, 0.1) is 0 Å². The fourth-order valence-corrected chi connectivity index (χ4v) is 7.55. The van der Waals surface area contributed by atoms with Gasteiger partial charge in [-0.2, -0.15) is 0 Å². The van der Waals surface area contributed by atoms with E-state index in [0.29, 0.717) is 21.1 Å². The lowest BCUT2D eigenvalue weighted by Crippen LogP contribution is -2.20. The van der Waals surface area contributed by atoms with E-state index in [1.165, 1.54) is 23.1 Å². The fraction of sp³-hybridized carbons (Fsp3) is 0.206. The molecule has 1 aromatic heterocycles. The predicted octanol–water partition coefficient (Wildman–Crippen LogP) is 6.92. The molecule has 12 heteroatoms. The van der Waals surface area contributed by atoms with E-state index in [4.69, 9.17) is 4.74 Å². The third-order valence-electron chi connectivity index (χ3n) is 7.32. The van der Waals surface area contributed by atoms with Crippen molar-refractivity contribution in [3.8, 4) is 0 Å². The number of amides is 2. The molecule has 1 atom stereocenters. The number of carboxylic acids is 2. The number of carbonyl (C=O) groups excluding carboxylic acids is 3. The highest BCUT2D eigenvalue weighted by Gasteiger charge is 2.30. The number of hydrogen-bond donors (Lipinski definition) is 4. The number of thiophene rings is 1. The van der Waals surface area contributed by atoms with E-state index in [-0.39, 0.29) is 23.6 Å². The average Bonchev–Trinajstić information content (AvgIpc) is 3.41. The minimum absolute atomic E-state index is 0.201. The van der Waals surface area contributed by atoms with Gasteiger partial charge in [-0.05, 0) is 80.1 Å². The first-order valence-electron chi connectivity index (χ1n) is 14.5. The summed E-state index contributed by atoms with van der Waals surface area (Å²) < 4.78 is 5.35. The molecule has 46 heavy (non-hydrogen) atoms. The van der Waals surface area contributed by atoms with E-state index in [9.17, 15) is 34.2 Å². The lowest BCUT2D eigenvalue weighted by molar-refractivity contribution is -0.115. The van der Waals surface area contributed by atoms with E-state index in [2.05, 4.69) is 10.6 Å². The number of aryl methyl sites for hydroxylation is 1. The topological polar surface area (TPSA) is 159 Å². The molecule has 4 N–H and O–H groups in total. The first kappa shape index (κ1) is 32.5. The van der Waals surface area contributed by atoms with Gasteiger partial charge >= 0.3 is 17.9 Å². The van der Waals surface area contributed by atoms with Crippen molar-refractivity contribution in [2.45, 2.75) is 42.8 Å². The third kappa shape index (κ3) is 7.30. The fourth-order valence-electron chi connectivity index (χ4n) is 5.19. The molecular weight excluding hydrogens is 629 g/mol. The Hall–Kier alpha value is -4.94. The van der Waals surface area contributed by atoms with Crippen molar-refractivity contribution in [1.29, 1.82) is 0 Å². The summed E-state index contributed by atoms with van der Waals surface area (Å²) in [5.41, 5.74) is 1.54. The van der Waals surface area contributed by atoms with Crippen molar-refractivity contribution in [1.82, 2.24) is 0 Å². The van der Waals surface area contributed by atoms with Crippen LogP contribution in [0.3, 0.4) is 0 Å². The molecular formula is C34H30N2O8S2. The minimum atomic E-state index is -1.44. The second kappa shape index (κ2) is 14.4. The van der Waals surface area contributed by atoms with E-state index in [0.717, 1.165) is 59.9 Å². The second-order valence-corrected chi connectivity index (χ2v) is 12.7. The molecule has 3 aromatic carbocycles. The highest BCUT2D eigenvalue weighted by atomic mass is 32.2. The predicted molar refractivity (Wildman–Crippen MR) is 175 cm³/mol. The number of fused-ring (bicyclic) bond motifs is 1. The van der Waals surface area contributed by atoms with E-state index < -0.39 is 34.6 Å². The molecule has 0 saturated heterocycles. The number of ether oxygens (including phenoxy) is 1. The summed E-state index contributed by atoms with van der Waals surface area (Å²) in [6.07, 6.45) is 3.58. The summed E-state index contributed by atoms with van der Waals surface area (Å²) in [7, 11) is 0. The van der Waals surface area contributed by atoms with Gasteiger partial charge in [0.25, 0.3) is 5.91 Å². The standard InChI is InChI=1S/C34H30N2O8S2/c1-2-44-34(43)27-24-13-6-7-14-26(24)46-31(27)36-30(38)28(19-9-4-3-5-10-19)45-22-12-8-11-21(18-22)35-29(37)23-16-15-20(32(39)40)17-25(23)33(41)42/h3-5,8-12,15-18,28H,2,6-7,13-14H2,1H3,(H,35,37)(H,36,38)(H,39,40)(H,41,42). The van der Waals surface area contributed by atoms with Gasteiger partial charge in [0.05, 0.1) is 28.9 Å². The molecule has 0 fully saturated rings. The molecule has 0 radical (unpaired) electrons. The Morgan fingerprint density at radius 2 is 1.63 bits per heavy atom. The van der Waals surface area contributed by atoms with Crippen LogP contribution in [0.15, 0.2) is 77.7 Å². The van der Waals surface area contributed by atoms with Gasteiger partial charge in [-0.15, -0.1) is 23.1 Å². The number of hydrogen-bond acceptors (Lipinski definition) is 8. The number of benzene rings is 3. The highest BCUT2D eigenvalue weighted by molar-refractivity contribution is 8.00. The van der Waals surface area contributed by atoms with Crippen LogP contribution in [0.25, 0.3) is 0 Å². The smallest absolute Gasteiger partial charge is 0.341 e. The van der Waals surface area contributed by atoms with Gasteiger partial charge in [-0.25, -0.2) is 14.4 Å². The van der Waals surface area contributed by atoms with Gasteiger partial charge in [0, 0.05) is 15.5 Å². The van der Waals surface area contributed by atoms with Crippen molar-refractivity contribution >= 4 is 63.5 Å². The largest absolute Gasteiger partial charge is 0.478 e. The lowest BCUT2D eigenvalue weighted by atomic mass is 9.95. The number of anilines is 2. The Morgan fingerprint density at radius 3 is 2.35 bits per heavy atom. The Morgan fingerprint density at radius 1 is 0.870 bits per heavy atom. The molecule has 1 unspecified atom stereocenters. The number of carboxylic acid groups (broad SMARTS) is 2. The van der Waals surface area contributed by atoms with Crippen LogP contribution in [0.1, 0.15) is 82.5 Å². The highest BCUT2D eigenvalue weighted by Crippen LogP contribution is 2.41. The zero-order chi connectivity index (χ0) is 32.8. The van der Waals surface area contributed by atoms with Crippen LogP contribution in [-0.2, 0) is 22.4 Å². The number of aromatic carboxylic acids is 2. The van der Waals surface area contributed by atoms with Crippen LogP contribution in [-0.4, -0.2) is 46.5 Å². The summed E-state index contributed by atoms with van der Waals surface area (Å²) in [6, 6.07) is 19.2. The number of rotatable bonds is 11. The summed E-state index contributed by atoms with van der Waals surface area (Å²) in [5.74, 6) is -4.27. The summed E-state index contributed by atoms with van der Waals surface area (Å²) >= 11 is 2.66. The SMILES string of the molecule is CCOC(=O)c1c(NC(=O)C(Sc2cccc(NC(=O)c3ccc(C(=O)O)cc3C(=O)O)c2)c2ccccc2)sc2c1CCCC2. The van der Waals surface area contributed by atoms with Gasteiger partial charge in [0.2, 0.25) is 5.91 Å². The van der Waals surface area contributed by atoms with Gasteiger partial charge in [-0.1, -0.05) is 36.4 Å². The molecule has 0 spiro atoms. The maximum atomic E-state index is 13.9. The van der Waals surface area contributed by atoms with Gasteiger partial charge in [-0.3, -0.25) is 9.59 Å². The molecule has 10 nitrogen and oxygen atoms in total. The molecule has 0 saturated carbocycles. The summed E-state index contributed by atoms with van der Waals surface area (Å²) in [4.78, 5) is 64.8. The number of thioether (sulfide) groups is 1. The molecule has 1 aliphatic rings. The molecule has 0 aliphatic heterocycles. The average molecular weight is 659 g/mol. The first-order valence-corrected chi connectivity index (χ1v) is 16.2. The van der Waals surface area contributed by atoms with Crippen molar-refractivity contribution in [2.75, 3.05) is 17.2 Å². The molecule has 1 aliphatic carbocycles. The van der Waals surface area contributed by atoms with Crippen LogP contribution >= 0.6 is 23.1 Å². The van der Waals surface area contributed by atoms with E-state index in [1.54, 1.807) is 31.2 Å². The molecule has 1 heterocycles. The maximum absolute atomic E-state index is 13.9. The normalized spacial score (nSPS) is 12.8. The number of carbonyl (C=O) groups is 5. The summed E-state index contributed by atoms with van der Waals surface area (Å²) in [6.45, 7) is 1.96. The van der Waals surface area contributed by atoms with Crippen molar-refractivity contribution < 1.29 is 38.9 Å². The maximum Gasteiger partial charge on any atom is 0.341 e. The van der Waals surface area contributed by atoms with E-state index in [1.807, 2.05) is 30.3 Å². The van der Waals surface area contributed by atoms with Gasteiger partial charge in [0.15, 0.2) is 0 Å². The Bertz CT molecular complexity index is 1820. The van der Waals surface area contributed by atoms with Gasteiger partial charge < -0.3 is 25.6 Å². The van der Waals surface area contributed by atoms with Crippen LogP contribution in [0.2, 0.25) is 0 Å². The molecule has 2 amide bonds. The van der Waals surface area contributed by atoms with Crippen molar-refractivity contribution in [2.24, 2.45) is 0 Å². The molecule has 4 aromatic rings. The first-order chi connectivity index (χ1) is 22.2. The lowest BCUT2D eigenvalue weighted by Gasteiger charge is -2.18. The quantitative estimate of drug-likeness (QED) is 0.0991. The Labute approximate surface area is 272 Å². The van der Waals surface area contributed by atoms with Crippen molar-refractivity contribution in [3.63, 3.8) is 0 Å². The molecule has 0 bridgehead atoms. The van der Waals surface area contributed by atoms with Crippen LogP contribution in [0.5, 0.6) is 0 Å². The number of esters is 1. The van der Waals surface area contributed by atoms with Gasteiger partial charge in [0.1, 0.15) is 10.3 Å². The van der Waals surface area contributed by atoms with Crippen molar-refractivity contribution in [3.05, 3.63) is 111 Å².